The highest BCUT2D eigenvalue weighted by Gasteiger charge is 2.41. The van der Waals surface area contributed by atoms with Crippen molar-refractivity contribution in [2.75, 3.05) is 18.1 Å². The monoisotopic (exact) mass is 309 g/mol. The van der Waals surface area contributed by atoms with Crippen LogP contribution in [0.5, 0.6) is 5.75 Å². The molecular formula is C15H19NO4S. The molecule has 6 heteroatoms. The Hall–Kier alpha value is -1.69. The fraction of sp³-hybridized carbons (Fsp3) is 0.467. The van der Waals surface area contributed by atoms with Gasteiger partial charge in [0.05, 0.1) is 0 Å². The van der Waals surface area contributed by atoms with Crippen molar-refractivity contribution in [2.24, 2.45) is 0 Å². The smallest absolute Gasteiger partial charge is 0.329 e. The van der Waals surface area contributed by atoms with Crippen LogP contribution in [0.15, 0.2) is 24.3 Å². The molecule has 0 atom stereocenters. The first-order valence-corrected chi connectivity index (χ1v) is 7.99. The van der Waals surface area contributed by atoms with Crippen LogP contribution in [0.3, 0.4) is 0 Å². The number of thioether (sulfide) groups is 1. The third-order valence-corrected chi connectivity index (χ3v) is 4.48. The number of nitrogens with one attached hydrogen (secondary N) is 1. The Bertz CT molecular complexity index is 526. The Balaban J connectivity index is 1.92. The van der Waals surface area contributed by atoms with Gasteiger partial charge in [0.2, 0.25) is 0 Å². The summed E-state index contributed by atoms with van der Waals surface area (Å²) in [5.74, 6) is 0.725. The maximum absolute atomic E-state index is 12.0. The Kier molecular flexibility index (Phi) is 5.12. The highest BCUT2D eigenvalue weighted by atomic mass is 32.2. The lowest BCUT2D eigenvalue weighted by Gasteiger charge is -2.33. The van der Waals surface area contributed by atoms with Gasteiger partial charge in [-0.2, -0.15) is 11.8 Å². The summed E-state index contributed by atoms with van der Waals surface area (Å²) in [4.78, 5) is 23.4. The van der Waals surface area contributed by atoms with E-state index in [1.54, 1.807) is 17.8 Å². The minimum Gasteiger partial charge on any atom is -0.484 e. The summed E-state index contributed by atoms with van der Waals surface area (Å²) in [6.45, 7) is 1.76. The molecule has 1 aromatic rings. The van der Waals surface area contributed by atoms with Gasteiger partial charge in [0, 0.05) is 0 Å². The number of aryl methyl sites for hydroxylation is 1. The Morgan fingerprint density at radius 3 is 2.71 bits per heavy atom. The second-order valence-corrected chi connectivity index (χ2v) is 6.38. The number of ether oxygens (including phenoxy) is 1. The summed E-state index contributed by atoms with van der Waals surface area (Å²) in [6.07, 6.45) is 0.895. The number of carbonyl (C=O) groups is 2. The number of carboxylic acids is 1. The van der Waals surface area contributed by atoms with E-state index in [1.165, 1.54) is 0 Å². The molecule has 0 radical (unpaired) electrons. The second-order valence-electron chi connectivity index (χ2n) is 5.15. The average Bonchev–Trinajstić information content (AvgIpc) is 2.46. The molecule has 0 saturated carbocycles. The molecule has 5 nitrogen and oxygen atoms in total. The van der Waals surface area contributed by atoms with Gasteiger partial charge >= 0.3 is 5.97 Å². The molecule has 114 valence electrons. The van der Waals surface area contributed by atoms with Crippen LogP contribution in [0, 0.1) is 6.92 Å². The van der Waals surface area contributed by atoms with Crippen LogP contribution in [-0.2, 0) is 9.59 Å². The summed E-state index contributed by atoms with van der Waals surface area (Å²) in [6, 6.07) is 7.38. The Labute approximate surface area is 128 Å². The number of benzene rings is 1. The third kappa shape index (κ3) is 4.14. The van der Waals surface area contributed by atoms with Crippen molar-refractivity contribution in [2.45, 2.75) is 25.3 Å². The van der Waals surface area contributed by atoms with Gasteiger partial charge in [-0.25, -0.2) is 4.79 Å². The van der Waals surface area contributed by atoms with Crippen LogP contribution in [-0.4, -0.2) is 40.6 Å². The number of aliphatic carboxylic acids is 1. The quantitative estimate of drug-likeness (QED) is 0.868. The molecule has 1 aromatic carbocycles. The lowest BCUT2D eigenvalue weighted by Crippen LogP contribution is -2.57. The zero-order chi connectivity index (χ0) is 15.3. The Morgan fingerprint density at radius 2 is 2.10 bits per heavy atom. The van der Waals surface area contributed by atoms with Crippen molar-refractivity contribution in [3.8, 4) is 5.75 Å². The van der Waals surface area contributed by atoms with Gasteiger partial charge in [-0.1, -0.05) is 12.1 Å². The summed E-state index contributed by atoms with van der Waals surface area (Å²) >= 11 is 1.71. The number of carboxylic acid groups (broad SMARTS) is 1. The van der Waals surface area contributed by atoms with Crippen molar-refractivity contribution >= 4 is 23.6 Å². The normalized spacial score (nSPS) is 17.0. The van der Waals surface area contributed by atoms with E-state index in [-0.39, 0.29) is 6.61 Å². The third-order valence-electron chi connectivity index (χ3n) is 3.49. The predicted octanol–water partition coefficient (Wildman–Crippen LogP) is 1.84. The number of carbonyl (C=O) groups excluding carboxylic acids is 1. The minimum absolute atomic E-state index is 0.175. The van der Waals surface area contributed by atoms with Gasteiger partial charge < -0.3 is 15.2 Å². The van der Waals surface area contributed by atoms with Gasteiger partial charge in [-0.05, 0) is 49.0 Å². The molecule has 1 aliphatic rings. The summed E-state index contributed by atoms with van der Waals surface area (Å²) in [7, 11) is 0. The molecule has 2 N–H and O–H groups in total. The molecule has 1 amide bonds. The fourth-order valence-electron chi connectivity index (χ4n) is 2.27. The molecular weight excluding hydrogens is 290 g/mol. The van der Waals surface area contributed by atoms with E-state index in [4.69, 9.17) is 4.74 Å². The van der Waals surface area contributed by atoms with Crippen molar-refractivity contribution < 1.29 is 19.4 Å². The maximum atomic E-state index is 12.0. The van der Waals surface area contributed by atoms with Gasteiger partial charge in [-0.3, -0.25) is 4.79 Å². The van der Waals surface area contributed by atoms with E-state index in [1.807, 2.05) is 25.1 Å². The highest BCUT2D eigenvalue weighted by molar-refractivity contribution is 7.99. The molecule has 0 aliphatic carbocycles. The number of amides is 1. The molecule has 2 rings (SSSR count). The zero-order valence-corrected chi connectivity index (χ0v) is 12.7. The lowest BCUT2D eigenvalue weighted by atomic mass is 9.92. The molecule has 0 spiro atoms. The molecule has 1 fully saturated rings. The standard InChI is InChI=1S/C15H19NO4S/c1-11-3-2-4-12(9-11)20-10-13(17)16-15(14(18)19)5-7-21-8-6-15/h2-4,9H,5-8,10H2,1H3,(H,16,17)(H,18,19). The topological polar surface area (TPSA) is 75.6 Å². The molecule has 0 aromatic heterocycles. The highest BCUT2D eigenvalue weighted by Crippen LogP contribution is 2.27. The first-order valence-electron chi connectivity index (χ1n) is 6.83. The average molecular weight is 309 g/mol. The van der Waals surface area contributed by atoms with Crippen LogP contribution in [0.1, 0.15) is 18.4 Å². The zero-order valence-electron chi connectivity index (χ0n) is 11.9. The van der Waals surface area contributed by atoms with E-state index in [9.17, 15) is 14.7 Å². The molecule has 0 unspecified atom stereocenters. The van der Waals surface area contributed by atoms with Crippen LogP contribution < -0.4 is 10.1 Å². The minimum atomic E-state index is -1.14. The van der Waals surface area contributed by atoms with Crippen LogP contribution in [0.4, 0.5) is 0 Å². The van der Waals surface area contributed by atoms with Gasteiger partial charge in [0.1, 0.15) is 11.3 Å². The van der Waals surface area contributed by atoms with Crippen LogP contribution >= 0.6 is 11.8 Å². The fourth-order valence-corrected chi connectivity index (χ4v) is 3.46. The molecule has 1 aliphatic heterocycles. The van der Waals surface area contributed by atoms with Gasteiger partial charge in [0.25, 0.3) is 5.91 Å². The van der Waals surface area contributed by atoms with Crippen molar-refractivity contribution in [1.29, 1.82) is 0 Å². The van der Waals surface area contributed by atoms with Crippen LogP contribution in [0.25, 0.3) is 0 Å². The summed E-state index contributed by atoms with van der Waals surface area (Å²) < 4.78 is 5.40. The summed E-state index contributed by atoms with van der Waals surface area (Å²) in [5.41, 5.74) is -0.0996. The number of rotatable bonds is 5. The van der Waals surface area contributed by atoms with Crippen molar-refractivity contribution in [3.05, 3.63) is 29.8 Å². The summed E-state index contributed by atoms with van der Waals surface area (Å²) in [5, 5.41) is 12.0. The maximum Gasteiger partial charge on any atom is 0.329 e. The number of hydrogen-bond acceptors (Lipinski definition) is 4. The molecule has 21 heavy (non-hydrogen) atoms. The van der Waals surface area contributed by atoms with E-state index in [0.717, 1.165) is 17.1 Å². The second kappa shape index (κ2) is 6.85. The van der Waals surface area contributed by atoms with Crippen LogP contribution in [0.2, 0.25) is 0 Å². The van der Waals surface area contributed by atoms with Gasteiger partial charge in [-0.15, -0.1) is 0 Å². The first-order chi connectivity index (χ1) is 10.0. The molecule has 0 bridgehead atoms. The predicted molar refractivity (Wildman–Crippen MR) is 81.7 cm³/mol. The van der Waals surface area contributed by atoms with Crippen molar-refractivity contribution in [3.63, 3.8) is 0 Å². The van der Waals surface area contributed by atoms with E-state index in [0.29, 0.717) is 18.6 Å². The number of hydrogen-bond donors (Lipinski definition) is 2. The van der Waals surface area contributed by atoms with E-state index >= 15 is 0 Å². The van der Waals surface area contributed by atoms with Crippen molar-refractivity contribution in [1.82, 2.24) is 5.32 Å². The molecule has 1 saturated heterocycles. The van der Waals surface area contributed by atoms with E-state index in [2.05, 4.69) is 5.32 Å². The largest absolute Gasteiger partial charge is 0.484 e. The Morgan fingerprint density at radius 1 is 1.38 bits per heavy atom. The van der Waals surface area contributed by atoms with Gasteiger partial charge in [0.15, 0.2) is 6.61 Å². The van der Waals surface area contributed by atoms with E-state index < -0.39 is 17.4 Å². The SMILES string of the molecule is Cc1cccc(OCC(=O)NC2(C(=O)O)CCSCC2)c1. The first kappa shape index (κ1) is 15.7. The lowest BCUT2D eigenvalue weighted by molar-refractivity contribution is -0.148. The molecule has 1 heterocycles.